The van der Waals surface area contributed by atoms with Crippen LogP contribution in [0.25, 0.3) is 0 Å². The van der Waals surface area contributed by atoms with E-state index in [2.05, 4.69) is 59.6 Å². The molecule has 0 bridgehead atoms. The average Bonchev–Trinajstić information content (AvgIpc) is 2.80. The fourth-order valence-corrected chi connectivity index (χ4v) is 1.66. The predicted octanol–water partition coefficient (Wildman–Crippen LogP) is 9.00. The summed E-state index contributed by atoms with van der Waals surface area (Å²) in [4.78, 5) is 11.6. The number of hydrogen-bond donors (Lipinski definition) is 1. The third-order valence-electron chi connectivity index (χ3n) is 3.13. The molecule has 207 valence electrons. The molecule has 0 saturated carbocycles. The Bertz CT molecular complexity index is 810. The number of aryl methyl sites for hydroxylation is 3. The van der Waals surface area contributed by atoms with Crippen LogP contribution in [-0.4, -0.2) is 33.8 Å². The fraction of sp³-hybridized carbons (Fsp3) is 0.360. The van der Waals surface area contributed by atoms with Crippen molar-refractivity contribution in [3.8, 4) is 17.2 Å². The molecule has 36 heavy (non-hydrogen) atoms. The minimum absolute atomic E-state index is 0. The van der Waals surface area contributed by atoms with Gasteiger partial charge in [-0.25, -0.2) is 0 Å². The van der Waals surface area contributed by atoms with Gasteiger partial charge in [-0.3, -0.25) is 15.0 Å². The number of alkyl halides is 2. The van der Waals surface area contributed by atoms with Crippen molar-refractivity contribution >= 4 is 40.0 Å². The van der Waals surface area contributed by atoms with Crippen LogP contribution in [0.5, 0.6) is 17.2 Å². The standard InChI is InChI=1S/C7H7F2NO.C7H9NO.C6H7NO.C2H6.2CH4.CH3.2HI.V/c1-5-2-3-6(4-10-5)11-7(8)9;1-6-3-4-7(9-2)5-8-6;1-5-2-3-6(8)4-7-5;1-2;;;;;;/h2-4,7H,1H3;3-5H,1-2H3;2-4,8H,1H3;1-2H3;2*1H4;1H3;2*1H;/q;;;;;;-1;;;+2/p-2. The van der Waals surface area contributed by atoms with E-state index < -0.39 is 6.61 Å². The predicted molar refractivity (Wildman–Crippen MR) is 161 cm³/mol. The van der Waals surface area contributed by atoms with Crippen LogP contribution >= 0.6 is 40.0 Å². The van der Waals surface area contributed by atoms with Gasteiger partial charge in [0.05, 0.1) is 25.7 Å². The van der Waals surface area contributed by atoms with Crippen molar-refractivity contribution in [2.24, 2.45) is 0 Å². The van der Waals surface area contributed by atoms with Gasteiger partial charge in [-0.1, -0.05) is 28.7 Å². The van der Waals surface area contributed by atoms with Gasteiger partial charge in [0.25, 0.3) is 0 Å². The summed E-state index contributed by atoms with van der Waals surface area (Å²) in [7, 11) is 2.26. The van der Waals surface area contributed by atoms with Crippen molar-refractivity contribution in [1.82, 2.24) is 15.0 Å². The zero-order chi connectivity index (χ0) is 25.6. The molecule has 0 aliphatic heterocycles. The van der Waals surface area contributed by atoms with Gasteiger partial charge in [-0.05, 0) is 57.2 Å². The number of aromatic nitrogens is 3. The molecule has 6 nitrogen and oxygen atoms in total. The first-order chi connectivity index (χ1) is 15.7. The number of aromatic hydroxyl groups is 1. The summed E-state index contributed by atoms with van der Waals surface area (Å²) in [6.07, 6.45) is 4.39. The Labute approximate surface area is 245 Å². The summed E-state index contributed by atoms with van der Waals surface area (Å²) in [5.41, 5.74) is 2.70. The van der Waals surface area contributed by atoms with E-state index in [-0.39, 0.29) is 33.8 Å². The van der Waals surface area contributed by atoms with Crippen molar-refractivity contribution in [2.75, 3.05) is 7.11 Å². The maximum atomic E-state index is 11.6. The van der Waals surface area contributed by atoms with Crippen LogP contribution in [0.1, 0.15) is 45.8 Å². The second-order valence-corrected chi connectivity index (χ2v) is 17.4. The van der Waals surface area contributed by atoms with E-state index >= 15 is 0 Å². The molecule has 0 radical (unpaired) electrons. The van der Waals surface area contributed by atoms with Gasteiger partial charge < -0.3 is 22.0 Å². The minimum atomic E-state index is -2.78. The van der Waals surface area contributed by atoms with Gasteiger partial charge in [0, 0.05) is 17.1 Å². The van der Waals surface area contributed by atoms with Crippen LogP contribution < -0.4 is 9.47 Å². The zero-order valence-electron chi connectivity index (χ0n) is 20.3. The first kappa shape index (κ1) is 44.7. The zero-order valence-corrected chi connectivity index (χ0v) is 26.0. The molecule has 0 spiro atoms. The Morgan fingerprint density at radius 2 is 1.14 bits per heavy atom. The van der Waals surface area contributed by atoms with Crippen LogP contribution in [0.4, 0.5) is 8.78 Å². The van der Waals surface area contributed by atoms with Gasteiger partial charge >= 0.3 is 56.0 Å². The van der Waals surface area contributed by atoms with Crippen molar-refractivity contribution in [3.05, 3.63) is 79.5 Å². The van der Waals surface area contributed by atoms with E-state index in [1.165, 1.54) is 18.5 Å². The van der Waals surface area contributed by atoms with Gasteiger partial charge in [-0.2, -0.15) is 8.78 Å². The molecular formula is C25H40F2I2N3O3V-. The third-order valence-corrected chi connectivity index (χ3v) is 3.13. The molecule has 0 saturated heterocycles. The second kappa shape index (κ2) is 30.0. The molecule has 0 aromatic carbocycles. The number of methoxy groups -OCH3 is 1. The third kappa shape index (κ3) is 27.3. The van der Waals surface area contributed by atoms with E-state index in [1.807, 2.05) is 39.8 Å². The number of pyridine rings is 3. The quantitative estimate of drug-likeness (QED) is 0.212. The molecule has 11 heteroatoms. The topological polar surface area (TPSA) is 77.4 Å². The number of rotatable bonds is 3. The molecule has 3 aromatic rings. The molecule has 3 aromatic heterocycles. The first-order valence-corrected chi connectivity index (χ1v) is 18.6. The normalized spacial score (nSPS) is 7.97. The number of nitrogens with zero attached hydrogens (tertiary/aromatic N) is 3. The second-order valence-electron chi connectivity index (χ2n) is 5.57. The number of hydrogen-bond acceptors (Lipinski definition) is 6. The van der Waals surface area contributed by atoms with Crippen LogP contribution in [-0.2, 0) is 9.47 Å². The molecule has 0 atom stereocenters. The molecule has 0 aliphatic carbocycles. The van der Waals surface area contributed by atoms with Crippen molar-refractivity contribution < 1.29 is 32.8 Å². The Balaban J connectivity index is -0.000000119. The Kier molecular flexibility index (Phi) is 37.2. The fourth-order valence-electron chi connectivity index (χ4n) is 1.66. The van der Waals surface area contributed by atoms with Crippen molar-refractivity contribution in [3.63, 3.8) is 0 Å². The summed E-state index contributed by atoms with van der Waals surface area (Å²) >= 11 is 4.74. The molecule has 3 heterocycles. The molecule has 0 fully saturated rings. The van der Waals surface area contributed by atoms with Gasteiger partial charge in [-0.15, -0.1) is 0 Å². The molecule has 0 aliphatic rings. The van der Waals surface area contributed by atoms with E-state index in [0.717, 1.165) is 22.8 Å². The molecule has 3 rings (SSSR count). The number of ether oxygens (including phenoxy) is 2. The van der Waals surface area contributed by atoms with Gasteiger partial charge in [0.15, 0.2) is 0 Å². The van der Waals surface area contributed by atoms with E-state index in [1.54, 1.807) is 38.4 Å². The molecule has 1 N–H and O–H groups in total. The van der Waals surface area contributed by atoms with E-state index in [9.17, 15) is 8.78 Å². The Hall–Kier alpha value is -1.25. The summed E-state index contributed by atoms with van der Waals surface area (Å²) < 4.78 is 32.1. The first-order valence-electron chi connectivity index (χ1n) is 9.59. The maximum absolute atomic E-state index is 11.6. The summed E-state index contributed by atoms with van der Waals surface area (Å²) in [6.45, 7) is 6.81. The Morgan fingerprint density at radius 1 is 0.778 bits per heavy atom. The van der Waals surface area contributed by atoms with Crippen molar-refractivity contribution in [2.45, 2.75) is 56.1 Å². The number of halogens is 4. The summed E-state index contributed by atoms with van der Waals surface area (Å²) in [6, 6.07) is 10.2. The molecule has 0 unspecified atom stereocenters. The molecule has 0 amide bonds. The van der Waals surface area contributed by atoms with Gasteiger partial charge in [0.1, 0.15) is 17.2 Å². The van der Waals surface area contributed by atoms with Crippen LogP contribution in [0, 0.1) is 28.2 Å². The summed E-state index contributed by atoms with van der Waals surface area (Å²) in [5, 5.41) is 8.69. The monoisotopic (exact) mass is 773 g/mol. The SMILES string of the molecule is C.C.CC.COc1ccc(C)nc1.Cc1ccc(O)cn1.Cc1ccc(OC(F)F)cn1.[CH3-].[I][V][I]. The Morgan fingerprint density at radius 3 is 1.39 bits per heavy atom. The van der Waals surface area contributed by atoms with Gasteiger partial charge in [0.2, 0.25) is 0 Å². The van der Waals surface area contributed by atoms with E-state index in [0.29, 0.717) is 9.47 Å². The van der Waals surface area contributed by atoms with Crippen LogP contribution in [0.3, 0.4) is 0 Å². The van der Waals surface area contributed by atoms with Crippen LogP contribution in [0.2, 0.25) is 0 Å². The van der Waals surface area contributed by atoms with Crippen LogP contribution in [0.15, 0.2) is 55.0 Å². The van der Waals surface area contributed by atoms with E-state index in [4.69, 9.17) is 9.84 Å². The van der Waals surface area contributed by atoms with Crippen molar-refractivity contribution in [1.29, 1.82) is 0 Å². The average molecular weight is 773 g/mol. The molecular weight excluding hydrogens is 733 g/mol. The summed E-state index contributed by atoms with van der Waals surface area (Å²) in [5.74, 6) is 1.11.